The number of halogens is 1. The molecule has 1 saturated heterocycles. The Bertz CT molecular complexity index is 939. The molecule has 0 saturated carbocycles. The maximum atomic E-state index is 13.0. The molecule has 2 heterocycles. The SMILES string of the molecule is O=S1(=O)CCN(S(=O)(=O)c2cnn(-c3ccc(F)cc3)c2)CCN1. The fraction of sp³-hybridized carbons (Fsp3) is 0.308. The fourth-order valence-corrected chi connectivity index (χ4v) is 4.79. The van der Waals surface area contributed by atoms with E-state index < -0.39 is 25.9 Å². The number of aromatic nitrogens is 2. The summed E-state index contributed by atoms with van der Waals surface area (Å²) in [7, 11) is -7.31. The topological polar surface area (TPSA) is 101 Å². The van der Waals surface area contributed by atoms with Gasteiger partial charge in [0.1, 0.15) is 10.7 Å². The van der Waals surface area contributed by atoms with Crippen molar-refractivity contribution < 1.29 is 21.2 Å². The van der Waals surface area contributed by atoms with Gasteiger partial charge in [0.05, 0.1) is 23.8 Å². The van der Waals surface area contributed by atoms with Crippen LogP contribution in [0.15, 0.2) is 41.6 Å². The second kappa shape index (κ2) is 6.24. The quantitative estimate of drug-likeness (QED) is 0.811. The number of nitrogens with zero attached hydrogens (tertiary/aromatic N) is 3. The number of hydrogen-bond donors (Lipinski definition) is 1. The van der Waals surface area contributed by atoms with E-state index in [0.717, 1.165) is 4.31 Å². The Hall–Kier alpha value is -1.82. The second-order valence-corrected chi connectivity index (χ2v) is 9.08. The lowest BCUT2D eigenvalue weighted by atomic mass is 10.3. The van der Waals surface area contributed by atoms with Gasteiger partial charge in [-0.3, -0.25) is 0 Å². The Morgan fingerprint density at radius 2 is 1.88 bits per heavy atom. The first-order valence-electron chi connectivity index (χ1n) is 7.06. The van der Waals surface area contributed by atoms with Gasteiger partial charge in [-0.05, 0) is 24.3 Å². The molecule has 1 aromatic heterocycles. The summed E-state index contributed by atoms with van der Waals surface area (Å²) in [4.78, 5) is -0.0499. The molecule has 3 rings (SSSR count). The van der Waals surface area contributed by atoms with Crippen LogP contribution < -0.4 is 4.72 Å². The number of nitrogens with one attached hydrogen (secondary N) is 1. The van der Waals surface area contributed by atoms with E-state index >= 15 is 0 Å². The smallest absolute Gasteiger partial charge is 0.240 e. The molecular formula is C13H15FN4O4S2. The molecule has 1 aromatic carbocycles. The van der Waals surface area contributed by atoms with Gasteiger partial charge in [0.15, 0.2) is 0 Å². The third-order valence-corrected chi connectivity index (χ3v) is 6.80. The van der Waals surface area contributed by atoms with Crippen LogP contribution in [-0.2, 0) is 20.0 Å². The number of sulfonamides is 2. The standard InChI is InChI=1S/C13H15FN4O4S2/c14-11-1-3-12(4-2-11)18-10-13(9-15-18)24(21,22)17-6-5-16-23(19,20)8-7-17/h1-4,9-10,16H,5-8H2. The number of benzene rings is 1. The lowest BCUT2D eigenvalue weighted by molar-refractivity contribution is 0.440. The molecule has 1 fully saturated rings. The lowest BCUT2D eigenvalue weighted by Gasteiger charge is -2.17. The van der Waals surface area contributed by atoms with Crippen molar-refractivity contribution in [1.29, 1.82) is 0 Å². The van der Waals surface area contributed by atoms with Gasteiger partial charge in [-0.1, -0.05) is 0 Å². The molecule has 1 N–H and O–H groups in total. The van der Waals surface area contributed by atoms with Crippen LogP contribution in [0.2, 0.25) is 0 Å². The zero-order valence-corrected chi connectivity index (χ0v) is 14.1. The number of hydrogen-bond acceptors (Lipinski definition) is 5. The second-order valence-electron chi connectivity index (χ2n) is 5.21. The summed E-state index contributed by atoms with van der Waals surface area (Å²) >= 11 is 0. The maximum absolute atomic E-state index is 13.0. The van der Waals surface area contributed by atoms with Gasteiger partial charge in [0, 0.05) is 19.6 Å². The van der Waals surface area contributed by atoms with Crippen molar-refractivity contribution in [3.8, 4) is 5.69 Å². The first kappa shape index (κ1) is 17.0. The van der Waals surface area contributed by atoms with Crippen LogP contribution in [0.4, 0.5) is 4.39 Å². The van der Waals surface area contributed by atoms with E-state index in [4.69, 9.17) is 0 Å². The first-order valence-corrected chi connectivity index (χ1v) is 10.2. The summed E-state index contributed by atoms with van der Waals surface area (Å²) in [6.45, 7) is -0.0592. The van der Waals surface area contributed by atoms with Gasteiger partial charge in [-0.2, -0.15) is 9.40 Å². The molecule has 1 aliphatic rings. The largest absolute Gasteiger partial charge is 0.246 e. The van der Waals surface area contributed by atoms with Crippen molar-refractivity contribution in [3.05, 3.63) is 42.5 Å². The highest BCUT2D eigenvalue weighted by atomic mass is 32.2. The third kappa shape index (κ3) is 3.48. The zero-order valence-electron chi connectivity index (χ0n) is 12.5. The molecule has 0 radical (unpaired) electrons. The van der Waals surface area contributed by atoms with Crippen molar-refractivity contribution >= 4 is 20.0 Å². The maximum Gasteiger partial charge on any atom is 0.246 e. The molecule has 0 unspecified atom stereocenters. The summed E-state index contributed by atoms with van der Waals surface area (Å²) in [6.07, 6.45) is 2.50. The molecule has 130 valence electrons. The van der Waals surface area contributed by atoms with Crippen molar-refractivity contribution in [3.63, 3.8) is 0 Å². The monoisotopic (exact) mass is 374 g/mol. The van der Waals surface area contributed by atoms with Crippen molar-refractivity contribution in [2.75, 3.05) is 25.4 Å². The molecule has 11 heteroatoms. The van der Waals surface area contributed by atoms with Crippen LogP contribution in [-0.4, -0.2) is 56.3 Å². The molecular weight excluding hydrogens is 359 g/mol. The molecule has 24 heavy (non-hydrogen) atoms. The minimum atomic E-state index is -3.86. The van der Waals surface area contributed by atoms with E-state index in [1.165, 1.54) is 41.3 Å². The van der Waals surface area contributed by atoms with Gasteiger partial charge in [0.2, 0.25) is 20.0 Å². The van der Waals surface area contributed by atoms with E-state index in [-0.39, 0.29) is 30.3 Å². The van der Waals surface area contributed by atoms with Crippen LogP contribution in [0.5, 0.6) is 0 Å². The summed E-state index contributed by atoms with van der Waals surface area (Å²) in [5.74, 6) is -0.699. The fourth-order valence-electron chi connectivity index (χ4n) is 2.30. The Labute approximate surface area is 139 Å². The summed E-state index contributed by atoms with van der Waals surface area (Å²) < 4.78 is 66.0. The minimum Gasteiger partial charge on any atom is -0.240 e. The van der Waals surface area contributed by atoms with Gasteiger partial charge in [-0.25, -0.2) is 30.6 Å². The average Bonchev–Trinajstić information content (AvgIpc) is 2.94. The highest BCUT2D eigenvalue weighted by Crippen LogP contribution is 2.18. The molecule has 8 nitrogen and oxygen atoms in total. The summed E-state index contributed by atoms with van der Waals surface area (Å²) in [6, 6.07) is 5.44. The van der Waals surface area contributed by atoms with E-state index in [2.05, 4.69) is 9.82 Å². The van der Waals surface area contributed by atoms with Crippen LogP contribution in [0.25, 0.3) is 5.69 Å². The Balaban J connectivity index is 1.87. The predicted molar refractivity (Wildman–Crippen MR) is 84.1 cm³/mol. The lowest BCUT2D eigenvalue weighted by Crippen LogP contribution is -2.34. The Morgan fingerprint density at radius 3 is 2.58 bits per heavy atom. The van der Waals surface area contributed by atoms with E-state index in [1.807, 2.05) is 0 Å². The normalized spacial score (nSPS) is 19.0. The summed E-state index contributed by atoms with van der Waals surface area (Å²) in [5, 5.41) is 3.98. The minimum absolute atomic E-state index is 0.0215. The highest BCUT2D eigenvalue weighted by Gasteiger charge is 2.29. The van der Waals surface area contributed by atoms with Gasteiger partial charge in [0.25, 0.3) is 0 Å². The van der Waals surface area contributed by atoms with E-state index in [9.17, 15) is 21.2 Å². The predicted octanol–water partition coefficient (Wildman–Crippen LogP) is -0.0649. The van der Waals surface area contributed by atoms with E-state index in [0.29, 0.717) is 5.69 Å². The zero-order chi connectivity index (χ0) is 17.4. The van der Waals surface area contributed by atoms with Crippen LogP contribution in [0.3, 0.4) is 0 Å². The van der Waals surface area contributed by atoms with Gasteiger partial charge in [-0.15, -0.1) is 0 Å². The molecule has 0 atom stereocenters. The van der Waals surface area contributed by atoms with Gasteiger partial charge < -0.3 is 0 Å². The Morgan fingerprint density at radius 1 is 1.17 bits per heavy atom. The first-order chi connectivity index (χ1) is 11.3. The Kier molecular flexibility index (Phi) is 4.42. The molecule has 1 aliphatic heterocycles. The molecule has 0 aliphatic carbocycles. The van der Waals surface area contributed by atoms with Crippen LogP contribution >= 0.6 is 0 Å². The van der Waals surface area contributed by atoms with Gasteiger partial charge >= 0.3 is 0 Å². The van der Waals surface area contributed by atoms with E-state index in [1.54, 1.807) is 0 Å². The van der Waals surface area contributed by atoms with Crippen LogP contribution in [0, 0.1) is 5.82 Å². The highest BCUT2D eigenvalue weighted by molar-refractivity contribution is 7.90. The third-order valence-electron chi connectivity index (χ3n) is 3.58. The molecule has 0 spiro atoms. The molecule has 0 amide bonds. The van der Waals surface area contributed by atoms with Crippen LogP contribution in [0.1, 0.15) is 0 Å². The molecule has 0 bridgehead atoms. The van der Waals surface area contributed by atoms with Crippen molar-refractivity contribution in [2.45, 2.75) is 4.90 Å². The number of rotatable bonds is 3. The summed E-state index contributed by atoms with van der Waals surface area (Å²) in [5.41, 5.74) is 0.512. The van der Waals surface area contributed by atoms with Crippen molar-refractivity contribution in [1.82, 2.24) is 18.8 Å². The van der Waals surface area contributed by atoms with Crippen molar-refractivity contribution in [2.24, 2.45) is 0 Å². The molecule has 2 aromatic rings. The average molecular weight is 374 g/mol.